The lowest BCUT2D eigenvalue weighted by Crippen LogP contribution is -2.55. The van der Waals surface area contributed by atoms with E-state index in [0.717, 1.165) is 63.1 Å². The van der Waals surface area contributed by atoms with Crippen molar-refractivity contribution >= 4 is 5.91 Å². The lowest BCUT2D eigenvalue weighted by atomic mass is 9.91. The molecule has 5 heteroatoms. The predicted octanol–water partition coefficient (Wildman–Crippen LogP) is 1.76. The first-order chi connectivity index (χ1) is 10.1. The zero-order valence-corrected chi connectivity index (χ0v) is 12.7. The Morgan fingerprint density at radius 3 is 2.86 bits per heavy atom. The molecule has 0 radical (unpaired) electrons. The molecule has 1 aliphatic heterocycles. The summed E-state index contributed by atoms with van der Waals surface area (Å²) in [6, 6.07) is 1.97. The van der Waals surface area contributed by atoms with E-state index in [2.05, 4.69) is 9.97 Å². The Balaban J connectivity index is 1.72. The summed E-state index contributed by atoms with van der Waals surface area (Å²) in [7, 11) is 0. The Bertz CT molecular complexity index is 525. The molecule has 114 valence electrons. The topological polar surface area (TPSA) is 72.1 Å². The van der Waals surface area contributed by atoms with E-state index < -0.39 is 5.54 Å². The molecule has 2 aliphatic rings. The van der Waals surface area contributed by atoms with Crippen molar-refractivity contribution in [3.8, 4) is 0 Å². The monoisotopic (exact) mass is 288 g/mol. The Morgan fingerprint density at radius 2 is 2.14 bits per heavy atom. The Kier molecular flexibility index (Phi) is 3.93. The number of piperidine rings is 1. The molecule has 2 heterocycles. The average molecular weight is 288 g/mol. The van der Waals surface area contributed by atoms with Crippen molar-refractivity contribution in [1.82, 2.24) is 14.9 Å². The van der Waals surface area contributed by atoms with Crippen LogP contribution in [0.2, 0.25) is 0 Å². The highest BCUT2D eigenvalue weighted by molar-refractivity contribution is 5.86. The van der Waals surface area contributed by atoms with Crippen LogP contribution in [0, 0.1) is 6.92 Å². The van der Waals surface area contributed by atoms with Gasteiger partial charge in [-0.1, -0.05) is 12.8 Å². The second-order valence-corrected chi connectivity index (χ2v) is 6.48. The van der Waals surface area contributed by atoms with Gasteiger partial charge in [0.25, 0.3) is 0 Å². The van der Waals surface area contributed by atoms with E-state index >= 15 is 0 Å². The maximum absolute atomic E-state index is 12.7. The van der Waals surface area contributed by atoms with E-state index in [4.69, 9.17) is 5.73 Å². The molecule has 1 saturated carbocycles. The molecule has 0 spiro atoms. The molecule has 1 aliphatic carbocycles. The first kappa shape index (κ1) is 14.4. The first-order valence-corrected chi connectivity index (χ1v) is 7.96. The number of carbonyl (C=O) groups excluding carboxylic acids is 1. The fourth-order valence-corrected chi connectivity index (χ4v) is 3.64. The van der Waals surface area contributed by atoms with Crippen LogP contribution in [0.25, 0.3) is 0 Å². The van der Waals surface area contributed by atoms with Gasteiger partial charge < -0.3 is 10.6 Å². The van der Waals surface area contributed by atoms with E-state index in [1.54, 1.807) is 6.20 Å². The standard InChI is InChI=1S/C16H24N4O/c1-12-18-9-6-14(19-12)13-5-4-10-20(11-13)15(21)16(17)7-2-3-8-16/h6,9,13H,2-5,7-8,10-11,17H2,1H3. The van der Waals surface area contributed by atoms with Gasteiger partial charge in [-0.2, -0.15) is 0 Å². The number of aromatic nitrogens is 2. The molecular formula is C16H24N4O. The maximum atomic E-state index is 12.7. The Hall–Kier alpha value is -1.49. The third-order valence-electron chi connectivity index (χ3n) is 4.85. The van der Waals surface area contributed by atoms with Crippen LogP contribution in [0.1, 0.15) is 56.0 Å². The van der Waals surface area contributed by atoms with Crippen molar-refractivity contribution in [3.63, 3.8) is 0 Å². The molecule has 2 N–H and O–H groups in total. The molecule has 1 aromatic rings. The highest BCUT2D eigenvalue weighted by Gasteiger charge is 2.41. The summed E-state index contributed by atoms with van der Waals surface area (Å²) in [6.45, 7) is 3.48. The molecule has 1 aromatic heterocycles. The predicted molar refractivity (Wildman–Crippen MR) is 80.7 cm³/mol. The van der Waals surface area contributed by atoms with Crippen molar-refractivity contribution in [2.45, 2.75) is 56.9 Å². The summed E-state index contributed by atoms with van der Waals surface area (Å²) < 4.78 is 0. The molecule has 3 rings (SSSR count). The van der Waals surface area contributed by atoms with E-state index in [0.29, 0.717) is 5.92 Å². The van der Waals surface area contributed by atoms with Crippen molar-refractivity contribution < 1.29 is 4.79 Å². The maximum Gasteiger partial charge on any atom is 0.242 e. The first-order valence-electron chi connectivity index (χ1n) is 7.96. The lowest BCUT2D eigenvalue weighted by molar-refractivity contribution is -0.138. The van der Waals surface area contributed by atoms with Crippen LogP contribution >= 0.6 is 0 Å². The fraction of sp³-hybridized carbons (Fsp3) is 0.688. The van der Waals surface area contributed by atoms with Gasteiger partial charge in [-0.25, -0.2) is 9.97 Å². The minimum atomic E-state index is -0.608. The molecule has 1 saturated heterocycles. The molecule has 2 fully saturated rings. The van der Waals surface area contributed by atoms with Gasteiger partial charge in [-0.3, -0.25) is 4.79 Å². The highest BCUT2D eigenvalue weighted by atomic mass is 16.2. The van der Waals surface area contributed by atoms with Gasteiger partial charge >= 0.3 is 0 Å². The smallest absolute Gasteiger partial charge is 0.242 e. The zero-order chi connectivity index (χ0) is 14.9. The van der Waals surface area contributed by atoms with Gasteiger partial charge in [0.15, 0.2) is 0 Å². The van der Waals surface area contributed by atoms with Crippen molar-refractivity contribution in [2.24, 2.45) is 5.73 Å². The summed E-state index contributed by atoms with van der Waals surface area (Å²) >= 11 is 0. The molecule has 5 nitrogen and oxygen atoms in total. The molecule has 1 atom stereocenters. The van der Waals surface area contributed by atoms with Gasteiger partial charge in [0.1, 0.15) is 5.82 Å². The van der Waals surface area contributed by atoms with Crippen LogP contribution in [0.4, 0.5) is 0 Å². The number of hydrogen-bond donors (Lipinski definition) is 1. The lowest BCUT2D eigenvalue weighted by Gasteiger charge is -2.37. The summed E-state index contributed by atoms with van der Waals surface area (Å²) in [5.41, 5.74) is 6.77. The summed E-state index contributed by atoms with van der Waals surface area (Å²) in [5, 5.41) is 0. The number of carbonyl (C=O) groups is 1. The van der Waals surface area contributed by atoms with E-state index in [9.17, 15) is 4.79 Å². The Morgan fingerprint density at radius 1 is 1.38 bits per heavy atom. The number of amides is 1. The van der Waals surface area contributed by atoms with Gasteiger partial charge in [0, 0.05) is 30.9 Å². The van der Waals surface area contributed by atoms with Crippen LogP contribution in [0.15, 0.2) is 12.3 Å². The summed E-state index contributed by atoms with van der Waals surface area (Å²) in [4.78, 5) is 23.4. The largest absolute Gasteiger partial charge is 0.340 e. The summed E-state index contributed by atoms with van der Waals surface area (Å²) in [6.07, 6.45) is 7.72. The fourth-order valence-electron chi connectivity index (χ4n) is 3.64. The van der Waals surface area contributed by atoms with Gasteiger partial charge in [-0.15, -0.1) is 0 Å². The van der Waals surface area contributed by atoms with Crippen molar-refractivity contribution in [2.75, 3.05) is 13.1 Å². The Labute approximate surface area is 125 Å². The van der Waals surface area contributed by atoms with Crippen LogP contribution in [-0.2, 0) is 4.79 Å². The normalized spacial score (nSPS) is 25.0. The number of rotatable bonds is 2. The quantitative estimate of drug-likeness (QED) is 0.900. The molecule has 1 unspecified atom stereocenters. The van der Waals surface area contributed by atoms with E-state index in [1.807, 2.05) is 17.9 Å². The number of hydrogen-bond acceptors (Lipinski definition) is 4. The average Bonchev–Trinajstić information content (AvgIpc) is 2.95. The van der Waals surface area contributed by atoms with Gasteiger partial charge in [-0.05, 0) is 38.7 Å². The minimum absolute atomic E-state index is 0.149. The number of aryl methyl sites for hydroxylation is 1. The van der Waals surface area contributed by atoms with Crippen LogP contribution in [0.5, 0.6) is 0 Å². The SMILES string of the molecule is Cc1nccc(C2CCCN(C(=O)C3(N)CCCC3)C2)n1. The van der Waals surface area contributed by atoms with Gasteiger partial charge in [0.05, 0.1) is 5.54 Å². The second-order valence-electron chi connectivity index (χ2n) is 6.48. The van der Waals surface area contributed by atoms with E-state index in [-0.39, 0.29) is 5.91 Å². The van der Waals surface area contributed by atoms with Crippen LogP contribution < -0.4 is 5.73 Å². The van der Waals surface area contributed by atoms with Crippen molar-refractivity contribution in [3.05, 3.63) is 23.8 Å². The molecule has 21 heavy (non-hydrogen) atoms. The molecule has 1 amide bonds. The zero-order valence-electron chi connectivity index (χ0n) is 12.7. The van der Waals surface area contributed by atoms with Crippen molar-refractivity contribution in [1.29, 1.82) is 0 Å². The van der Waals surface area contributed by atoms with E-state index in [1.165, 1.54) is 0 Å². The third kappa shape index (κ3) is 2.93. The molecule has 0 aromatic carbocycles. The highest BCUT2D eigenvalue weighted by Crippen LogP contribution is 2.32. The van der Waals surface area contributed by atoms with Crippen LogP contribution in [-0.4, -0.2) is 39.4 Å². The number of likely N-dealkylation sites (tertiary alicyclic amines) is 1. The summed E-state index contributed by atoms with van der Waals surface area (Å²) in [5.74, 6) is 1.26. The molecule has 0 bridgehead atoms. The second kappa shape index (κ2) is 5.72. The van der Waals surface area contributed by atoms with Gasteiger partial charge in [0.2, 0.25) is 5.91 Å². The minimum Gasteiger partial charge on any atom is -0.340 e. The molecular weight excluding hydrogens is 264 g/mol. The number of nitrogens with zero attached hydrogens (tertiary/aromatic N) is 3. The number of nitrogens with two attached hydrogens (primary N) is 1. The third-order valence-corrected chi connectivity index (χ3v) is 4.85. The van der Waals surface area contributed by atoms with Crippen LogP contribution in [0.3, 0.4) is 0 Å².